The Labute approximate surface area is 109 Å². The molecule has 0 amide bonds. The molecule has 4 nitrogen and oxygen atoms in total. The van der Waals surface area contributed by atoms with E-state index < -0.39 is 0 Å². The third kappa shape index (κ3) is 3.21. The molecule has 1 saturated heterocycles. The number of likely N-dealkylation sites (tertiary alicyclic amines) is 1. The van der Waals surface area contributed by atoms with Crippen molar-refractivity contribution < 1.29 is 5.11 Å². The first kappa shape index (κ1) is 13.3. The molecule has 1 aliphatic heterocycles. The van der Waals surface area contributed by atoms with Crippen molar-refractivity contribution in [1.82, 2.24) is 14.8 Å². The Morgan fingerprint density at radius 1 is 1.50 bits per heavy atom. The number of aryl methyl sites for hydroxylation is 1. The van der Waals surface area contributed by atoms with Gasteiger partial charge >= 0.3 is 0 Å². The monoisotopic (exact) mass is 249 g/mol. The quantitative estimate of drug-likeness (QED) is 0.880. The molecule has 0 bridgehead atoms. The minimum atomic E-state index is 0.298. The minimum absolute atomic E-state index is 0.298. The van der Waals surface area contributed by atoms with Crippen LogP contribution < -0.4 is 0 Å². The molecule has 1 unspecified atom stereocenters. The van der Waals surface area contributed by atoms with Crippen LogP contribution in [-0.4, -0.2) is 53.1 Å². The third-order valence-corrected chi connectivity index (χ3v) is 3.70. The lowest BCUT2D eigenvalue weighted by Crippen LogP contribution is -2.36. The lowest BCUT2D eigenvalue weighted by molar-refractivity contribution is 0.212. The van der Waals surface area contributed by atoms with E-state index in [9.17, 15) is 5.11 Å². The minimum Gasteiger partial charge on any atom is -0.506 e. The van der Waals surface area contributed by atoms with Gasteiger partial charge in [-0.25, -0.2) is 0 Å². The van der Waals surface area contributed by atoms with Crippen molar-refractivity contribution >= 4 is 0 Å². The fourth-order valence-electron chi connectivity index (χ4n) is 2.61. The van der Waals surface area contributed by atoms with Crippen molar-refractivity contribution in [3.8, 4) is 5.75 Å². The van der Waals surface area contributed by atoms with E-state index in [0.717, 1.165) is 17.9 Å². The molecule has 0 spiro atoms. The number of likely N-dealkylation sites (N-methyl/N-ethyl adjacent to an activating group) is 2. The molecule has 1 N–H and O–H groups in total. The van der Waals surface area contributed by atoms with Crippen LogP contribution >= 0.6 is 0 Å². The van der Waals surface area contributed by atoms with Crippen molar-refractivity contribution in [2.45, 2.75) is 32.4 Å². The molecular formula is C14H23N3O. The second-order valence-electron chi connectivity index (χ2n) is 5.39. The summed E-state index contributed by atoms with van der Waals surface area (Å²) in [6.07, 6.45) is 2.57. The van der Waals surface area contributed by atoms with Crippen LogP contribution in [-0.2, 0) is 6.54 Å². The summed E-state index contributed by atoms with van der Waals surface area (Å²) in [5, 5.41) is 9.80. The van der Waals surface area contributed by atoms with Crippen molar-refractivity contribution in [3.63, 3.8) is 0 Å². The van der Waals surface area contributed by atoms with Gasteiger partial charge in [0.15, 0.2) is 0 Å². The Morgan fingerprint density at radius 3 is 2.94 bits per heavy atom. The summed E-state index contributed by atoms with van der Waals surface area (Å²) in [7, 11) is 4.28. The highest BCUT2D eigenvalue weighted by Gasteiger charge is 2.22. The molecule has 0 aliphatic carbocycles. The van der Waals surface area contributed by atoms with E-state index in [1.165, 1.54) is 19.4 Å². The van der Waals surface area contributed by atoms with E-state index in [0.29, 0.717) is 18.3 Å². The summed E-state index contributed by atoms with van der Waals surface area (Å²) in [5.74, 6) is 0.298. The summed E-state index contributed by atoms with van der Waals surface area (Å²) in [6, 6.07) is 4.21. The maximum absolute atomic E-state index is 9.80. The Morgan fingerprint density at radius 2 is 2.28 bits per heavy atom. The maximum atomic E-state index is 9.80. The van der Waals surface area contributed by atoms with Crippen molar-refractivity contribution in [2.24, 2.45) is 0 Å². The number of hydrogen-bond acceptors (Lipinski definition) is 4. The van der Waals surface area contributed by atoms with Crippen molar-refractivity contribution in [2.75, 3.05) is 27.2 Å². The normalized spacial score (nSPS) is 20.8. The Kier molecular flexibility index (Phi) is 4.19. The number of nitrogens with zero attached hydrogens (tertiary/aromatic N) is 3. The van der Waals surface area contributed by atoms with Crippen LogP contribution in [0.25, 0.3) is 0 Å². The van der Waals surface area contributed by atoms with Crippen LogP contribution in [0.15, 0.2) is 12.1 Å². The number of aromatic nitrogens is 1. The van der Waals surface area contributed by atoms with Gasteiger partial charge in [0.1, 0.15) is 5.75 Å². The smallest absolute Gasteiger partial charge is 0.138 e. The lowest BCUT2D eigenvalue weighted by atomic mass is 10.2. The molecule has 2 heterocycles. The van der Waals surface area contributed by atoms with Gasteiger partial charge in [-0.3, -0.25) is 9.88 Å². The first-order valence-corrected chi connectivity index (χ1v) is 6.60. The molecule has 4 heteroatoms. The zero-order chi connectivity index (χ0) is 13.1. The first-order chi connectivity index (χ1) is 8.56. The zero-order valence-electron chi connectivity index (χ0n) is 11.6. The number of pyridine rings is 1. The second-order valence-corrected chi connectivity index (χ2v) is 5.39. The van der Waals surface area contributed by atoms with Gasteiger partial charge in [-0.15, -0.1) is 0 Å². The van der Waals surface area contributed by atoms with E-state index in [1.54, 1.807) is 6.07 Å². The first-order valence-electron chi connectivity index (χ1n) is 6.60. The van der Waals surface area contributed by atoms with Crippen LogP contribution in [0, 0.1) is 6.92 Å². The topological polar surface area (TPSA) is 39.6 Å². The fraction of sp³-hybridized carbons (Fsp3) is 0.643. The van der Waals surface area contributed by atoms with Gasteiger partial charge in [-0.05, 0) is 52.5 Å². The number of hydrogen-bond donors (Lipinski definition) is 1. The maximum Gasteiger partial charge on any atom is 0.138 e. The van der Waals surface area contributed by atoms with E-state index in [2.05, 4.69) is 28.9 Å². The highest BCUT2D eigenvalue weighted by Crippen LogP contribution is 2.19. The summed E-state index contributed by atoms with van der Waals surface area (Å²) >= 11 is 0. The van der Waals surface area contributed by atoms with Gasteiger partial charge in [0.05, 0.1) is 5.69 Å². The van der Waals surface area contributed by atoms with Gasteiger partial charge in [-0.1, -0.05) is 0 Å². The van der Waals surface area contributed by atoms with E-state index in [1.807, 2.05) is 13.0 Å². The molecular weight excluding hydrogens is 226 g/mol. The number of rotatable bonds is 4. The van der Waals surface area contributed by atoms with Crippen LogP contribution in [0.4, 0.5) is 0 Å². The predicted molar refractivity (Wildman–Crippen MR) is 72.6 cm³/mol. The lowest BCUT2D eigenvalue weighted by Gasteiger charge is -2.25. The second kappa shape index (κ2) is 5.67. The van der Waals surface area contributed by atoms with Gasteiger partial charge in [-0.2, -0.15) is 0 Å². The highest BCUT2D eigenvalue weighted by molar-refractivity contribution is 5.27. The number of aromatic hydroxyl groups is 1. The predicted octanol–water partition coefficient (Wildman–Crippen LogP) is 1.62. The molecule has 1 fully saturated rings. The standard InChI is InChI=1S/C14H23N3O/c1-11-6-7-14(18)13(15-11)10-16(2)9-12-5-4-8-17(12)3/h6-7,12,18H,4-5,8-10H2,1-3H3. The summed E-state index contributed by atoms with van der Waals surface area (Å²) in [6.45, 7) is 4.89. The largest absolute Gasteiger partial charge is 0.506 e. The van der Waals surface area contributed by atoms with Crippen molar-refractivity contribution in [1.29, 1.82) is 0 Å². The SMILES string of the molecule is Cc1ccc(O)c(CN(C)CC2CCCN2C)n1. The van der Waals surface area contributed by atoms with Gasteiger partial charge in [0.2, 0.25) is 0 Å². The average molecular weight is 249 g/mol. The van der Waals surface area contributed by atoms with E-state index in [4.69, 9.17) is 0 Å². The Hall–Kier alpha value is -1.13. The third-order valence-electron chi connectivity index (χ3n) is 3.70. The van der Waals surface area contributed by atoms with Crippen molar-refractivity contribution in [3.05, 3.63) is 23.5 Å². The molecule has 100 valence electrons. The molecule has 2 rings (SSSR count). The molecule has 0 aromatic carbocycles. The Balaban J connectivity index is 1.94. The summed E-state index contributed by atoms with van der Waals surface area (Å²) in [4.78, 5) is 9.06. The fourth-order valence-corrected chi connectivity index (χ4v) is 2.61. The van der Waals surface area contributed by atoms with Gasteiger partial charge in [0, 0.05) is 24.8 Å². The van der Waals surface area contributed by atoms with Crippen LogP contribution in [0.2, 0.25) is 0 Å². The highest BCUT2D eigenvalue weighted by atomic mass is 16.3. The molecule has 1 aromatic heterocycles. The van der Waals surface area contributed by atoms with Gasteiger partial charge in [0.25, 0.3) is 0 Å². The van der Waals surface area contributed by atoms with Gasteiger partial charge < -0.3 is 10.0 Å². The molecule has 0 saturated carbocycles. The molecule has 18 heavy (non-hydrogen) atoms. The Bertz CT molecular complexity index is 408. The molecule has 1 atom stereocenters. The van der Waals surface area contributed by atoms with E-state index in [-0.39, 0.29) is 0 Å². The van der Waals surface area contributed by atoms with Crippen LogP contribution in [0.5, 0.6) is 5.75 Å². The summed E-state index contributed by atoms with van der Waals surface area (Å²) < 4.78 is 0. The average Bonchev–Trinajstić information content (AvgIpc) is 2.70. The molecule has 0 radical (unpaired) electrons. The molecule has 1 aromatic rings. The van der Waals surface area contributed by atoms with Crippen LogP contribution in [0.1, 0.15) is 24.2 Å². The zero-order valence-corrected chi connectivity index (χ0v) is 11.6. The van der Waals surface area contributed by atoms with Crippen LogP contribution in [0.3, 0.4) is 0 Å². The van der Waals surface area contributed by atoms with E-state index >= 15 is 0 Å². The summed E-state index contributed by atoms with van der Waals surface area (Å²) in [5.41, 5.74) is 1.73. The molecule has 1 aliphatic rings.